The van der Waals surface area contributed by atoms with E-state index in [0.717, 1.165) is 12.8 Å². The zero-order chi connectivity index (χ0) is 12.0. The molecule has 2 fully saturated rings. The summed E-state index contributed by atoms with van der Waals surface area (Å²) in [6, 6.07) is 4.73. The fourth-order valence-corrected chi connectivity index (χ4v) is 2.85. The molecule has 0 amide bonds. The molecule has 1 heterocycles. The van der Waals surface area contributed by atoms with Crippen molar-refractivity contribution in [3.05, 3.63) is 34.6 Å². The molecule has 4 heteroatoms. The van der Waals surface area contributed by atoms with Crippen LogP contribution in [0.2, 0.25) is 5.02 Å². The lowest BCUT2D eigenvalue weighted by Crippen LogP contribution is -2.62. The van der Waals surface area contributed by atoms with E-state index in [2.05, 4.69) is 0 Å². The fourth-order valence-electron chi connectivity index (χ4n) is 2.63. The maximum Gasteiger partial charge on any atom is 0.129 e. The first-order valence-corrected chi connectivity index (χ1v) is 6.34. The molecule has 1 aromatic carbocycles. The first-order valence-electron chi connectivity index (χ1n) is 5.96. The smallest absolute Gasteiger partial charge is 0.129 e. The van der Waals surface area contributed by atoms with Gasteiger partial charge in [0.25, 0.3) is 0 Å². The molecule has 2 nitrogen and oxygen atoms in total. The average molecular weight is 256 g/mol. The van der Waals surface area contributed by atoms with Crippen molar-refractivity contribution >= 4 is 11.6 Å². The summed E-state index contributed by atoms with van der Waals surface area (Å²) in [7, 11) is 0. The van der Waals surface area contributed by atoms with Crippen molar-refractivity contribution in [1.82, 2.24) is 4.90 Å². The van der Waals surface area contributed by atoms with Crippen molar-refractivity contribution < 1.29 is 9.50 Å². The summed E-state index contributed by atoms with van der Waals surface area (Å²) in [6.45, 7) is 1.77. The predicted molar refractivity (Wildman–Crippen MR) is 64.4 cm³/mol. The van der Waals surface area contributed by atoms with Gasteiger partial charge in [0.05, 0.1) is 5.60 Å². The SMILES string of the molecule is OC1(C2CC2)CN(Cc2c(F)cccc2Cl)C1. The third-order valence-corrected chi connectivity index (χ3v) is 4.13. The number of benzene rings is 1. The van der Waals surface area contributed by atoms with Gasteiger partial charge in [-0.15, -0.1) is 0 Å². The maximum atomic E-state index is 13.6. The second kappa shape index (κ2) is 3.94. The molecule has 0 atom stereocenters. The Labute approximate surface area is 105 Å². The van der Waals surface area contributed by atoms with Crippen LogP contribution in [0.1, 0.15) is 18.4 Å². The number of hydrogen-bond donors (Lipinski definition) is 1. The van der Waals surface area contributed by atoms with Gasteiger partial charge in [-0.2, -0.15) is 0 Å². The molecule has 1 aliphatic carbocycles. The van der Waals surface area contributed by atoms with E-state index in [-0.39, 0.29) is 5.82 Å². The van der Waals surface area contributed by atoms with E-state index < -0.39 is 5.60 Å². The van der Waals surface area contributed by atoms with Crippen LogP contribution < -0.4 is 0 Å². The minimum Gasteiger partial charge on any atom is -0.387 e. The molecule has 1 aliphatic heterocycles. The van der Waals surface area contributed by atoms with Crippen LogP contribution in [-0.4, -0.2) is 28.7 Å². The second-order valence-electron chi connectivity index (χ2n) is 5.22. The predicted octanol–water partition coefficient (Wildman–Crippen LogP) is 2.44. The van der Waals surface area contributed by atoms with Gasteiger partial charge in [0.2, 0.25) is 0 Å². The molecular formula is C13H15ClFNO. The number of hydrogen-bond acceptors (Lipinski definition) is 2. The number of β-amino-alcohol motifs (C(OH)–C–C–N with tert-alkyl or cyclic N) is 1. The van der Waals surface area contributed by atoms with Gasteiger partial charge in [-0.05, 0) is 30.9 Å². The van der Waals surface area contributed by atoms with Gasteiger partial charge in [0.15, 0.2) is 0 Å². The van der Waals surface area contributed by atoms with E-state index >= 15 is 0 Å². The van der Waals surface area contributed by atoms with Crippen LogP contribution in [0.4, 0.5) is 4.39 Å². The van der Waals surface area contributed by atoms with Crippen molar-refractivity contribution in [2.24, 2.45) is 5.92 Å². The first kappa shape index (κ1) is 11.5. The summed E-state index contributed by atoms with van der Waals surface area (Å²) < 4.78 is 13.6. The van der Waals surface area contributed by atoms with Crippen molar-refractivity contribution in [3.63, 3.8) is 0 Å². The van der Waals surface area contributed by atoms with E-state index in [1.165, 1.54) is 6.07 Å². The Morgan fingerprint density at radius 3 is 2.71 bits per heavy atom. The summed E-state index contributed by atoms with van der Waals surface area (Å²) in [5, 5.41) is 10.6. The molecule has 92 valence electrons. The summed E-state index contributed by atoms with van der Waals surface area (Å²) in [5.74, 6) is 0.203. The molecule has 0 unspecified atom stereocenters. The molecule has 3 rings (SSSR count). The Bertz CT molecular complexity index is 421. The quantitative estimate of drug-likeness (QED) is 0.897. The van der Waals surface area contributed by atoms with Crippen LogP contribution in [0.15, 0.2) is 18.2 Å². The largest absolute Gasteiger partial charge is 0.387 e. The lowest BCUT2D eigenvalue weighted by Gasteiger charge is -2.47. The Morgan fingerprint density at radius 1 is 1.41 bits per heavy atom. The highest BCUT2D eigenvalue weighted by Crippen LogP contribution is 2.45. The van der Waals surface area contributed by atoms with Gasteiger partial charge >= 0.3 is 0 Å². The molecular weight excluding hydrogens is 241 g/mol. The first-order chi connectivity index (χ1) is 8.08. The Balaban J connectivity index is 1.65. The molecule has 1 aromatic rings. The lowest BCUT2D eigenvalue weighted by molar-refractivity contribution is -0.116. The minimum absolute atomic E-state index is 0.264. The van der Waals surface area contributed by atoms with Gasteiger partial charge in [-0.3, -0.25) is 4.90 Å². The van der Waals surface area contributed by atoms with Crippen LogP contribution in [0, 0.1) is 11.7 Å². The standard InChI is InChI=1S/C13H15ClFNO/c14-11-2-1-3-12(15)10(11)6-16-7-13(17,8-16)9-4-5-9/h1-3,9,17H,4-8H2. The van der Waals surface area contributed by atoms with Gasteiger partial charge in [0, 0.05) is 30.2 Å². The van der Waals surface area contributed by atoms with Gasteiger partial charge < -0.3 is 5.11 Å². The van der Waals surface area contributed by atoms with Crippen LogP contribution in [-0.2, 0) is 6.54 Å². The Morgan fingerprint density at radius 2 is 2.12 bits per heavy atom. The van der Waals surface area contributed by atoms with Crippen molar-refractivity contribution in [3.8, 4) is 0 Å². The number of likely N-dealkylation sites (tertiary alicyclic amines) is 1. The third kappa shape index (κ3) is 2.07. The van der Waals surface area contributed by atoms with Crippen LogP contribution >= 0.6 is 11.6 Å². The van der Waals surface area contributed by atoms with Crippen LogP contribution in [0.25, 0.3) is 0 Å². The van der Waals surface area contributed by atoms with Crippen LogP contribution in [0.5, 0.6) is 0 Å². The fraction of sp³-hybridized carbons (Fsp3) is 0.538. The Hall–Kier alpha value is -0.640. The van der Waals surface area contributed by atoms with Gasteiger partial charge in [-0.1, -0.05) is 17.7 Å². The zero-order valence-corrected chi connectivity index (χ0v) is 10.3. The highest BCUT2D eigenvalue weighted by atomic mass is 35.5. The summed E-state index contributed by atoms with van der Waals surface area (Å²) in [4.78, 5) is 2.04. The number of aliphatic hydroxyl groups is 1. The molecule has 17 heavy (non-hydrogen) atoms. The second-order valence-corrected chi connectivity index (χ2v) is 5.63. The number of halogens is 2. The summed E-state index contributed by atoms with van der Waals surface area (Å²) in [5.41, 5.74) is 0.0181. The third-order valence-electron chi connectivity index (χ3n) is 3.78. The number of rotatable bonds is 3. The molecule has 1 saturated carbocycles. The lowest BCUT2D eigenvalue weighted by atomic mass is 9.88. The summed E-state index contributed by atoms with van der Waals surface area (Å²) in [6.07, 6.45) is 2.26. The van der Waals surface area contributed by atoms with E-state index in [0.29, 0.717) is 36.1 Å². The van der Waals surface area contributed by atoms with E-state index in [1.807, 2.05) is 4.90 Å². The monoisotopic (exact) mass is 255 g/mol. The molecule has 0 spiro atoms. The molecule has 0 aromatic heterocycles. The van der Waals surface area contributed by atoms with Gasteiger partial charge in [-0.25, -0.2) is 4.39 Å². The van der Waals surface area contributed by atoms with Crippen molar-refractivity contribution in [2.45, 2.75) is 25.0 Å². The zero-order valence-electron chi connectivity index (χ0n) is 9.50. The highest BCUT2D eigenvalue weighted by Gasteiger charge is 2.51. The van der Waals surface area contributed by atoms with E-state index in [1.54, 1.807) is 12.1 Å². The van der Waals surface area contributed by atoms with Crippen molar-refractivity contribution in [1.29, 1.82) is 0 Å². The molecule has 1 N–H and O–H groups in total. The Kier molecular flexibility index (Phi) is 2.65. The molecule has 0 bridgehead atoms. The van der Waals surface area contributed by atoms with E-state index in [4.69, 9.17) is 11.6 Å². The topological polar surface area (TPSA) is 23.5 Å². The molecule has 2 aliphatic rings. The number of nitrogens with zero attached hydrogens (tertiary/aromatic N) is 1. The van der Waals surface area contributed by atoms with Crippen LogP contribution in [0.3, 0.4) is 0 Å². The summed E-state index contributed by atoms with van der Waals surface area (Å²) >= 11 is 5.97. The highest BCUT2D eigenvalue weighted by molar-refractivity contribution is 6.31. The minimum atomic E-state index is -0.516. The van der Waals surface area contributed by atoms with Crippen molar-refractivity contribution in [2.75, 3.05) is 13.1 Å². The average Bonchev–Trinajstić information content (AvgIpc) is 3.04. The maximum absolute atomic E-state index is 13.6. The molecule has 1 saturated heterocycles. The van der Waals surface area contributed by atoms with E-state index in [9.17, 15) is 9.50 Å². The molecule has 0 radical (unpaired) electrons. The normalized spacial score (nSPS) is 23.5. The van der Waals surface area contributed by atoms with Gasteiger partial charge in [0.1, 0.15) is 5.82 Å².